The molecule has 1 N–H and O–H groups in total. The topological polar surface area (TPSA) is 41.6 Å². The van der Waals surface area contributed by atoms with Crippen molar-refractivity contribution in [3.05, 3.63) is 58.7 Å². The molecule has 3 rings (SSSR count). The van der Waals surface area contributed by atoms with Crippen LogP contribution in [-0.4, -0.2) is 26.1 Å². The van der Waals surface area contributed by atoms with E-state index in [0.717, 1.165) is 35.5 Å². The summed E-state index contributed by atoms with van der Waals surface area (Å²) >= 11 is 0. The summed E-state index contributed by atoms with van der Waals surface area (Å²) in [7, 11) is 1.68. The van der Waals surface area contributed by atoms with E-state index in [4.69, 9.17) is 4.74 Å². The largest absolute Gasteiger partial charge is 0.496 e. The molecule has 1 saturated heterocycles. The minimum atomic E-state index is -0.0538. The molecule has 2 aromatic rings. The number of rotatable bonds is 6. The first-order valence-electron chi connectivity index (χ1n) is 10.7. The lowest BCUT2D eigenvalue weighted by molar-refractivity contribution is 0.0939. The lowest BCUT2D eigenvalue weighted by Gasteiger charge is -2.29. The van der Waals surface area contributed by atoms with Crippen molar-refractivity contribution in [2.45, 2.75) is 58.9 Å². The predicted octanol–water partition coefficient (Wildman–Crippen LogP) is 5.61. The van der Waals surface area contributed by atoms with E-state index in [1.807, 2.05) is 26.0 Å². The maximum Gasteiger partial charge on any atom is 0.252 e. The molecule has 0 unspecified atom stereocenters. The van der Waals surface area contributed by atoms with Crippen LogP contribution < -0.4 is 15.0 Å². The van der Waals surface area contributed by atoms with E-state index in [2.05, 4.69) is 48.3 Å². The molecule has 0 spiro atoms. The van der Waals surface area contributed by atoms with Crippen molar-refractivity contribution >= 4 is 11.6 Å². The van der Waals surface area contributed by atoms with E-state index in [1.165, 1.54) is 24.9 Å². The molecule has 29 heavy (non-hydrogen) atoms. The van der Waals surface area contributed by atoms with Gasteiger partial charge in [0.2, 0.25) is 0 Å². The van der Waals surface area contributed by atoms with Crippen molar-refractivity contribution in [2.75, 3.05) is 25.1 Å². The molecule has 1 amide bonds. The van der Waals surface area contributed by atoms with Gasteiger partial charge in [0, 0.05) is 24.3 Å². The smallest absolute Gasteiger partial charge is 0.252 e. The Morgan fingerprint density at radius 2 is 1.69 bits per heavy atom. The molecule has 1 fully saturated rings. The first kappa shape index (κ1) is 21.2. The molecule has 2 aromatic carbocycles. The average molecular weight is 395 g/mol. The summed E-state index contributed by atoms with van der Waals surface area (Å²) in [5.74, 6) is 1.09. The number of carbonyl (C=O) groups is 1. The van der Waals surface area contributed by atoms with Gasteiger partial charge in [-0.3, -0.25) is 4.79 Å². The molecule has 1 aliphatic rings. The molecule has 4 heteroatoms. The lowest BCUT2D eigenvalue weighted by Crippen LogP contribution is -2.29. The second-order valence-electron chi connectivity index (χ2n) is 8.40. The summed E-state index contributed by atoms with van der Waals surface area (Å²) in [6.07, 6.45) is 3.88. The first-order valence-corrected chi connectivity index (χ1v) is 10.7. The van der Waals surface area contributed by atoms with Gasteiger partial charge in [0.1, 0.15) is 5.75 Å². The van der Waals surface area contributed by atoms with E-state index in [9.17, 15) is 4.79 Å². The molecule has 0 bridgehead atoms. The van der Waals surface area contributed by atoms with Crippen molar-refractivity contribution in [3.63, 3.8) is 0 Å². The van der Waals surface area contributed by atoms with Crippen LogP contribution in [0.3, 0.4) is 0 Å². The molecule has 4 nitrogen and oxygen atoms in total. The first-order chi connectivity index (χ1) is 13.9. The number of hydrogen-bond donors (Lipinski definition) is 1. The zero-order valence-corrected chi connectivity index (χ0v) is 18.4. The minimum Gasteiger partial charge on any atom is -0.496 e. The van der Waals surface area contributed by atoms with Crippen molar-refractivity contribution in [2.24, 2.45) is 0 Å². The molecular weight excluding hydrogens is 360 g/mol. The quantitative estimate of drug-likeness (QED) is 0.692. The molecular formula is C25H34N2O2. The van der Waals surface area contributed by atoms with Crippen LogP contribution in [0.2, 0.25) is 0 Å². The Kier molecular flexibility index (Phi) is 6.83. The van der Waals surface area contributed by atoms with Crippen molar-refractivity contribution in [1.82, 2.24) is 5.32 Å². The highest BCUT2D eigenvalue weighted by Gasteiger charge is 2.18. The molecule has 0 aromatic heterocycles. The zero-order valence-electron chi connectivity index (χ0n) is 18.4. The fourth-order valence-corrected chi connectivity index (χ4v) is 4.05. The van der Waals surface area contributed by atoms with Crippen molar-refractivity contribution < 1.29 is 9.53 Å². The van der Waals surface area contributed by atoms with E-state index < -0.39 is 0 Å². The van der Waals surface area contributed by atoms with Crippen LogP contribution in [0.5, 0.6) is 5.75 Å². The SMILES string of the molecule is COc1cc(C)c(C(=O)N[C@H](C)c2ccc(N3CCCCC3)cc2)cc1C(C)C. The fourth-order valence-electron chi connectivity index (χ4n) is 4.05. The minimum absolute atomic E-state index is 0.0420. The summed E-state index contributed by atoms with van der Waals surface area (Å²) in [5, 5.41) is 3.16. The average Bonchev–Trinajstić information content (AvgIpc) is 2.73. The number of piperidine rings is 1. The summed E-state index contributed by atoms with van der Waals surface area (Å²) in [6.45, 7) is 10.5. The lowest BCUT2D eigenvalue weighted by atomic mass is 9.95. The van der Waals surface area contributed by atoms with Gasteiger partial charge < -0.3 is 15.0 Å². The maximum absolute atomic E-state index is 13.0. The van der Waals surface area contributed by atoms with Gasteiger partial charge in [0.25, 0.3) is 5.91 Å². The third-order valence-corrected chi connectivity index (χ3v) is 5.91. The Labute approximate surface area is 175 Å². The van der Waals surface area contributed by atoms with E-state index in [1.54, 1.807) is 7.11 Å². The molecule has 0 aliphatic carbocycles. The number of hydrogen-bond acceptors (Lipinski definition) is 3. The maximum atomic E-state index is 13.0. The normalized spacial score (nSPS) is 15.3. The highest BCUT2D eigenvalue weighted by Crippen LogP contribution is 2.30. The number of nitrogens with zero attached hydrogens (tertiary/aromatic N) is 1. The van der Waals surface area contributed by atoms with Crippen molar-refractivity contribution in [1.29, 1.82) is 0 Å². The van der Waals surface area contributed by atoms with Crippen LogP contribution in [0.1, 0.15) is 79.0 Å². The van der Waals surface area contributed by atoms with Crippen LogP contribution in [0.15, 0.2) is 36.4 Å². The van der Waals surface area contributed by atoms with Gasteiger partial charge in [-0.05, 0) is 80.0 Å². The third kappa shape index (κ3) is 4.92. The van der Waals surface area contributed by atoms with Gasteiger partial charge in [0.15, 0.2) is 0 Å². The number of anilines is 1. The van der Waals surface area contributed by atoms with Gasteiger partial charge in [-0.25, -0.2) is 0 Å². The van der Waals surface area contributed by atoms with Crippen LogP contribution in [0.25, 0.3) is 0 Å². The predicted molar refractivity (Wildman–Crippen MR) is 120 cm³/mol. The second-order valence-corrected chi connectivity index (χ2v) is 8.40. The second kappa shape index (κ2) is 9.34. The molecule has 1 aliphatic heterocycles. The Bertz CT molecular complexity index is 837. The van der Waals surface area contributed by atoms with Crippen LogP contribution >= 0.6 is 0 Å². The zero-order chi connectivity index (χ0) is 21.0. The summed E-state index contributed by atoms with van der Waals surface area (Å²) in [5.41, 5.74) is 5.10. The van der Waals surface area contributed by atoms with Gasteiger partial charge in [-0.2, -0.15) is 0 Å². The Morgan fingerprint density at radius 1 is 1.03 bits per heavy atom. The van der Waals surface area contributed by atoms with E-state index >= 15 is 0 Å². The summed E-state index contributed by atoms with van der Waals surface area (Å²) in [6, 6.07) is 12.5. The number of methoxy groups -OCH3 is 1. The molecule has 1 heterocycles. The molecule has 0 radical (unpaired) electrons. The van der Waals surface area contributed by atoms with Gasteiger partial charge >= 0.3 is 0 Å². The van der Waals surface area contributed by atoms with Gasteiger partial charge in [-0.15, -0.1) is 0 Å². The summed E-state index contributed by atoms with van der Waals surface area (Å²) < 4.78 is 5.50. The Morgan fingerprint density at radius 3 is 2.28 bits per heavy atom. The molecule has 1 atom stereocenters. The number of amides is 1. The Hall–Kier alpha value is -2.49. The number of carbonyl (C=O) groups excluding carboxylic acids is 1. The monoisotopic (exact) mass is 394 g/mol. The summed E-state index contributed by atoms with van der Waals surface area (Å²) in [4.78, 5) is 15.4. The van der Waals surface area contributed by atoms with Crippen LogP contribution in [0, 0.1) is 6.92 Å². The highest BCUT2D eigenvalue weighted by molar-refractivity contribution is 5.96. The molecule has 156 valence electrons. The van der Waals surface area contributed by atoms with Crippen LogP contribution in [-0.2, 0) is 0 Å². The Balaban J connectivity index is 1.72. The highest BCUT2D eigenvalue weighted by atomic mass is 16.5. The van der Waals surface area contributed by atoms with E-state index in [-0.39, 0.29) is 17.9 Å². The van der Waals surface area contributed by atoms with Gasteiger partial charge in [-0.1, -0.05) is 26.0 Å². The number of benzene rings is 2. The standard InChI is InChI=1S/C25H34N2O2/c1-17(2)22-16-23(18(3)15-24(22)29-5)25(28)26-19(4)20-9-11-21(12-10-20)27-13-7-6-8-14-27/h9-12,15-17,19H,6-8,13-14H2,1-5H3,(H,26,28)/t19-/m1/s1. The third-order valence-electron chi connectivity index (χ3n) is 5.91. The number of nitrogens with one attached hydrogen (secondary N) is 1. The number of aryl methyl sites for hydroxylation is 1. The molecule has 0 saturated carbocycles. The van der Waals surface area contributed by atoms with Crippen molar-refractivity contribution in [3.8, 4) is 5.75 Å². The van der Waals surface area contributed by atoms with E-state index in [0.29, 0.717) is 5.56 Å². The van der Waals surface area contributed by atoms with Crippen LogP contribution in [0.4, 0.5) is 5.69 Å². The number of ether oxygens (including phenoxy) is 1. The fraction of sp³-hybridized carbons (Fsp3) is 0.480. The van der Waals surface area contributed by atoms with Gasteiger partial charge in [0.05, 0.1) is 13.2 Å².